The van der Waals surface area contributed by atoms with E-state index in [1.54, 1.807) is 18.2 Å². The maximum absolute atomic E-state index is 13.0. The van der Waals surface area contributed by atoms with Crippen LogP contribution in [0.2, 0.25) is 0 Å². The predicted molar refractivity (Wildman–Crippen MR) is 97.4 cm³/mol. The fraction of sp³-hybridized carbons (Fsp3) is 0.474. The highest BCUT2D eigenvalue weighted by atomic mass is 16.5. The van der Waals surface area contributed by atoms with Crippen molar-refractivity contribution in [3.05, 3.63) is 34.9 Å². The van der Waals surface area contributed by atoms with Gasteiger partial charge < -0.3 is 15.4 Å². The molecule has 2 unspecified atom stereocenters. The number of benzene rings is 1. The van der Waals surface area contributed by atoms with Gasteiger partial charge in [0.2, 0.25) is 11.8 Å². The number of carbonyl (C=O) groups is 4. The van der Waals surface area contributed by atoms with Gasteiger partial charge in [0, 0.05) is 32.1 Å². The Bertz CT molecular complexity index is 834. The first-order valence-corrected chi connectivity index (χ1v) is 9.41. The average molecular weight is 386 g/mol. The zero-order valence-electron chi connectivity index (χ0n) is 15.3. The first kappa shape index (κ1) is 18.7. The monoisotopic (exact) mass is 386 g/mol. The molecule has 9 nitrogen and oxygen atoms in total. The first-order chi connectivity index (χ1) is 13.6. The van der Waals surface area contributed by atoms with Gasteiger partial charge in [0.25, 0.3) is 11.8 Å². The summed E-state index contributed by atoms with van der Waals surface area (Å²) in [6.45, 7) is 3.23. The highest BCUT2D eigenvalue weighted by Gasteiger charge is 2.45. The Morgan fingerprint density at radius 1 is 1.18 bits per heavy atom. The van der Waals surface area contributed by atoms with Crippen molar-refractivity contribution in [3.8, 4) is 0 Å². The van der Waals surface area contributed by atoms with Gasteiger partial charge in [0.15, 0.2) is 0 Å². The van der Waals surface area contributed by atoms with E-state index in [0.29, 0.717) is 43.0 Å². The maximum Gasteiger partial charge on any atom is 0.262 e. The number of nitrogens with zero attached hydrogens (tertiary/aromatic N) is 1. The minimum atomic E-state index is -0.950. The molecule has 4 rings (SSSR count). The molecule has 0 saturated carbocycles. The van der Waals surface area contributed by atoms with Crippen LogP contribution in [0.15, 0.2) is 18.2 Å². The van der Waals surface area contributed by atoms with Crippen molar-refractivity contribution in [1.29, 1.82) is 0 Å². The number of imide groups is 2. The molecule has 1 aromatic rings. The molecule has 28 heavy (non-hydrogen) atoms. The zero-order valence-corrected chi connectivity index (χ0v) is 15.3. The van der Waals surface area contributed by atoms with Crippen LogP contribution in [0.3, 0.4) is 0 Å². The van der Waals surface area contributed by atoms with Crippen molar-refractivity contribution >= 4 is 23.6 Å². The second-order valence-corrected chi connectivity index (χ2v) is 7.14. The van der Waals surface area contributed by atoms with Crippen LogP contribution >= 0.6 is 0 Å². The van der Waals surface area contributed by atoms with Crippen LogP contribution < -0.4 is 16.0 Å². The summed E-state index contributed by atoms with van der Waals surface area (Å²) in [4.78, 5) is 50.3. The molecule has 0 aromatic heterocycles. The zero-order chi connectivity index (χ0) is 19.7. The summed E-state index contributed by atoms with van der Waals surface area (Å²) in [5.41, 5.74) is 1.34. The lowest BCUT2D eigenvalue weighted by Crippen LogP contribution is -2.54. The van der Waals surface area contributed by atoms with Crippen molar-refractivity contribution in [2.75, 3.05) is 26.3 Å². The van der Waals surface area contributed by atoms with Crippen LogP contribution in [0.1, 0.15) is 39.1 Å². The summed E-state index contributed by atoms with van der Waals surface area (Å²) in [5.74, 6) is -1.96. The molecule has 3 N–H and O–H groups in total. The smallest absolute Gasteiger partial charge is 0.262 e. The summed E-state index contributed by atoms with van der Waals surface area (Å²) in [6.07, 6.45) is 0.256. The number of nitrogens with one attached hydrogen (secondary N) is 3. The van der Waals surface area contributed by atoms with Gasteiger partial charge in [0.05, 0.1) is 24.3 Å². The van der Waals surface area contributed by atoms with E-state index in [0.717, 1.165) is 11.4 Å². The maximum atomic E-state index is 13.0. The van der Waals surface area contributed by atoms with Crippen LogP contribution in [-0.2, 0) is 20.9 Å². The molecular formula is C19H22N4O5. The van der Waals surface area contributed by atoms with Crippen LogP contribution in [-0.4, -0.2) is 66.9 Å². The number of amides is 4. The van der Waals surface area contributed by atoms with E-state index in [9.17, 15) is 19.2 Å². The summed E-state index contributed by atoms with van der Waals surface area (Å²) < 4.78 is 5.42. The Morgan fingerprint density at radius 3 is 2.79 bits per heavy atom. The third kappa shape index (κ3) is 3.44. The molecule has 0 bridgehead atoms. The van der Waals surface area contributed by atoms with E-state index in [2.05, 4.69) is 16.0 Å². The highest BCUT2D eigenvalue weighted by molar-refractivity contribution is 6.24. The van der Waals surface area contributed by atoms with E-state index in [1.807, 2.05) is 0 Å². The van der Waals surface area contributed by atoms with Gasteiger partial charge in [0.1, 0.15) is 6.04 Å². The Kier molecular flexibility index (Phi) is 5.21. The number of piperidine rings is 1. The topological polar surface area (TPSA) is 117 Å². The molecule has 148 valence electrons. The predicted octanol–water partition coefficient (Wildman–Crippen LogP) is -0.834. The van der Waals surface area contributed by atoms with E-state index < -0.39 is 23.8 Å². The largest absolute Gasteiger partial charge is 0.378 e. The minimum Gasteiger partial charge on any atom is -0.378 e. The average Bonchev–Trinajstić information content (AvgIpc) is 2.94. The van der Waals surface area contributed by atoms with Gasteiger partial charge in [-0.05, 0) is 18.1 Å². The molecule has 2 fully saturated rings. The lowest BCUT2D eigenvalue weighted by Gasteiger charge is -2.27. The fourth-order valence-electron chi connectivity index (χ4n) is 3.86. The quantitative estimate of drug-likeness (QED) is 0.565. The van der Waals surface area contributed by atoms with Gasteiger partial charge >= 0.3 is 0 Å². The van der Waals surface area contributed by atoms with E-state index in [1.165, 1.54) is 0 Å². The summed E-state index contributed by atoms with van der Waals surface area (Å²) in [5, 5.41) is 8.84. The lowest BCUT2D eigenvalue weighted by atomic mass is 10.0. The molecule has 0 radical (unpaired) electrons. The molecule has 2 atom stereocenters. The third-order valence-corrected chi connectivity index (χ3v) is 5.26. The molecule has 1 aromatic carbocycles. The minimum absolute atomic E-state index is 0.106. The number of ether oxygens (including phenoxy) is 1. The summed E-state index contributed by atoms with van der Waals surface area (Å²) in [7, 11) is 0. The van der Waals surface area contributed by atoms with Gasteiger partial charge in [-0.1, -0.05) is 12.1 Å². The molecule has 0 aliphatic carbocycles. The number of hydrogen-bond donors (Lipinski definition) is 3. The van der Waals surface area contributed by atoms with Gasteiger partial charge in [-0.3, -0.25) is 29.4 Å². The van der Waals surface area contributed by atoms with Crippen molar-refractivity contribution in [1.82, 2.24) is 20.9 Å². The Balaban J connectivity index is 1.49. The number of fused-ring (bicyclic) bond motifs is 1. The second kappa shape index (κ2) is 7.78. The molecule has 2 saturated heterocycles. The highest BCUT2D eigenvalue weighted by Crippen LogP contribution is 2.29. The van der Waals surface area contributed by atoms with Crippen LogP contribution in [0.5, 0.6) is 0 Å². The van der Waals surface area contributed by atoms with Crippen molar-refractivity contribution in [2.45, 2.75) is 31.5 Å². The Labute approximate surface area is 161 Å². The number of hydrogen-bond acceptors (Lipinski definition) is 7. The van der Waals surface area contributed by atoms with Crippen LogP contribution in [0, 0.1) is 0 Å². The van der Waals surface area contributed by atoms with Crippen molar-refractivity contribution in [2.24, 2.45) is 0 Å². The standard InChI is InChI=1S/C19H22N4O5/c24-15-5-4-14(17(25)22-15)23-18(26)13-3-1-2-11(16(13)19(23)27)8-20-9-12-10-28-7-6-21-12/h1-3,12,14,20-21H,4-10H2,(H,22,24,25). The van der Waals surface area contributed by atoms with E-state index in [-0.39, 0.29) is 24.8 Å². The third-order valence-electron chi connectivity index (χ3n) is 5.26. The summed E-state index contributed by atoms with van der Waals surface area (Å²) in [6, 6.07) is 4.38. The van der Waals surface area contributed by atoms with Crippen molar-refractivity contribution < 1.29 is 23.9 Å². The molecule has 9 heteroatoms. The molecule has 4 amide bonds. The normalized spacial score (nSPS) is 25.1. The van der Waals surface area contributed by atoms with Crippen LogP contribution in [0.25, 0.3) is 0 Å². The lowest BCUT2D eigenvalue weighted by molar-refractivity contribution is -0.136. The first-order valence-electron chi connectivity index (χ1n) is 9.41. The number of morpholine rings is 1. The van der Waals surface area contributed by atoms with Gasteiger partial charge in [-0.2, -0.15) is 0 Å². The molecule has 3 heterocycles. The molecular weight excluding hydrogens is 364 g/mol. The van der Waals surface area contributed by atoms with E-state index in [4.69, 9.17) is 4.74 Å². The van der Waals surface area contributed by atoms with Crippen molar-refractivity contribution in [3.63, 3.8) is 0 Å². The molecule has 3 aliphatic heterocycles. The Morgan fingerprint density at radius 2 is 2.04 bits per heavy atom. The molecule has 3 aliphatic rings. The summed E-state index contributed by atoms with van der Waals surface area (Å²) >= 11 is 0. The Hall–Kier alpha value is -2.62. The molecule has 0 spiro atoms. The van der Waals surface area contributed by atoms with Crippen LogP contribution in [0.4, 0.5) is 0 Å². The van der Waals surface area contributed by atoms with Gasteiger partial charge in [-0.25, -0.2) is 0 Å². The number of carbonyl (C=O) groups excluding carboxylic acids is 4. The SMILES string of the molecule is O=C1CCC(N2C(=O)c3cccc(CNCC4COCCN4)c3C2=O)C(=O)N1. The fourth-order valence-corrected chi connectivity index (χ4v) is 3.86. The van der Waals surface area contributed by atoms with E-state index >= 15 is 0 Å². The number of rotatable bonds is 5. The second-order valence-electron chi connectivity index (χ2n) is 7.14. The van der Waals surface area contributed by atoms with Gasteiger partial charge in [-0.15, -0.1) is 0 Å².